The van der Waals surface area contributed by atoms with E-state index in [1.807, 2.05) is 36.4 Å². The number of halogens is 2. The Morgan fingerprint density at radius 1 is 0.870 bits per heavy atom. The summed E-state index contributed by atoms with van der Waals surface area (Å²) in [6.07, 6.45) is 0. The summed E-state index contributed by atoms with van der Waals surface area (Å²) in [5.74, 6) is 0. The lowest BCUT2D eigenvalue weighted by molar-refractivity contribution is 0.603. The van der Waals surface area contributed by atoms with Crippen molar-refractivity contribution >= 4 is 50.2 Å². The number of thiophene rings is 1. The Morgan fingerprint density at radius 2 is 1.57 bits per heavy atom. The second-order valence-corrected chi connectivity index (χ2v) is 8.71. The maximum atomic E-state index is 12.4. The molecule has 0 amide bonds. The van der Waals surface area contributed by atoms with Crippen LogP contribution in [0.15, 0.2) is 64.9 Å². The standard InChI is InChI=1S/C16H11Cl2NO2S2/c17-14-10-15(22-16(14)18)23(20,21)19-13-8-4-7-12(9-13)11-5-2-1-3-6-11/h1-10,19H. The first-order valence-electron chi connectivity index (χ1n) is 6.59. The molecule has 0 unspecified atom stereocenters. The summed E-state index contributed by atoms with van der Waals surface area (Å²) >= 11 is 12.6. The third-order valence-corrected chi connectivity index (χ3v) is 6.83. The Morgan fingerprint density at radius 3 is 2.22 bits per heavy atom. The molecule has 23 heavy (non-hydrogen) atoms. The number of anilines is 1. The van der Waals surface area contributed by atoms with E-state index >= 15 is 0 Å². The Balaban J connectivity index is 1.91. The van der Waals surface area contributed by atoms with Crippen LogP contribution in [0, 0.1) is 0 Å². The monoisotopic (exact) mass is 383 g/mol. The van der Waals surface area contributed by atoms with Gasteiger partial charge in [0.05, 0.1) is 5.02 Å². The molecular formula is C16H11Cl2NO2S2. The highest BCUT2D eigenvalue weighted by Gasteiger charge is 2.19. The van der Waals surface area contributed by atoms with E-state index in [-0.39, 0.29) is 13.6 Å². The van der Waals surface area contributed by atoms with Gasteiger partial charge in [-0.15, -0.1) is 11.3 Å². The average Bonchev–Trinajstić information content (AvgIpc) is 2.88. The van der Waals surface area contributed by atoms with Gasteiger partial charge in [-0.3, -0.25) is 4.72 Å². The van der Waals surface area contributed by atoms with Crippen molar-refractivity contribution in [3.05, 3.63) is 70.0 Å². The molecule has 0 spiro atoms. The predicted molar refractivity (Wildman–Crippen MR) is 97.0 cm³/mol. The minimum Gasteiger partial charge on any atom is -0.279 e. The van der Waals surface area contributed by atoms with Gasteiger partial charge in [0, 0.05) is 5.69 Å². The second kappa shape index (κ2) is 6.53. The topological polar surface area (TPSA) is 46.2 Å². The van der Waals surface area contributed by atoms with Gasteiger partial charge >= 0.3 is 0 Å². The zero-order valence-corrected chi connectivity index (χ0v) is 14.8. The largest absolute Gasteiger partial charge is 0.279 e. The lowest BCUT2D eigenvalue weighted by atomic mass is 10.1. The first-order valence-corrected chi connectivity index (χ1v) is 9.64. The third-order valence-electron chi connectivity index (χ3n) is 3.11. The van der Waals surface area contributed by atoms with Crippen molar-refractivity contribution in [1.29, 1.82) is 0 Å². The zero-order chi connectivity index (χ0) is 16.4. The van der Waals surface area contributed by atoms with Crippen LogP contribution < -0.4 is 4.72 Å². The number of rotatable bonds is 4. The Kier molecular flexibility index (Phi) is 4.64. The van der Waals surface area contributed by atoms with Crippen molar-refractivity contribution in [3.8, 4) is 11.1 Å². The van der Waals surface area contributed by atoms with Gasteiger partial charge in [0.1, 0.15) is 8.55 Å². The van der Waals surface area contributed by atoms with Crippen molar-refractivity contribution < 1.29 is 8.42 Å². The summed E-state index contributed by atoms with van der Waals surface area (Å²) in [6.45, 7) is 0. The highest BCUT2D eigenvalue weighted by atomic mass is 35.5. The van der Waals surface area contributed by atoms with Crippen molar-refractivity contribution in [3.63, 3.8) is 0 Å². The predicted octanol–water partition coefficient (Wildman–Crippen LogP) is 5.52. The van der Waals surface area contributed by atoms with Gasteiger partial charge in [-0.25, -0.2) is 8.42 Å². The van der Waals surface area contributed by atoms with Crippen LogP contribution in [0.5, 0.6) is 0 Å². The molecule has 0 aliphatic rings. The zero-order valence-electron chi connectivity index (χ0n) is 11.7. The fourth-order valence-corrected chi connectivity index (χ4v) is 4.99. The van der Waals surface area contributed by atoms with E-state index in [9.17, 15) is 8.42 Å². The van der Waals surface area contributed by atoms with Crippen LogP contribution in [0.4, 0.5) is 5.69 Å². The number of nitrogens with one attached hydrogen (secondary N) is 1. The Hall–Kier alpha value is -1.53. The fraction of sp³-hybridized carbons (Fsp3) is 0. The van der Waals surface area contributed by atoms with Crippen LogP contribution in [0.2, 0.25) is 9.36 Å². The summed E-state index contributed by atoms with van der Waals surface area (Å²) in [7, 11) is -3.71. The van der Waals surface area contributed by atoms with Gasteiger partial charge in [-0.05, 0) is 29.3 Å². The Bertz CT molecular complexity index is 918. The van der Waals surface area contributed by atoms with E-state index in [4.69, 9.17) is 23.2 Å². The van der Waals surface area contributed by atoms with E-state index in [1.54, 1.807) is 18.2 Å². The molecule has 7 heteroatoms. The minimum absolute atomic E-state index is 0.0811. The molecule has 0 fully saturated rings. The molecule has 1 heterocycles. The van der Waals surface area contributed by atoms with Gasteiger partial charge in [0.2, 0.25) is 0 Å². The molecule has 1 aromatic heterocycles. The number of benzene rings is 2. The molecule has 0 saturated carbocycles. The highest BCUT2D eigenvalue weighted by molar-refractivity contribution is 7.94. The first kappa shape index (κ1) is 16.3. The summed E-state index contributed by atoms with van der Waals surface area (Å²) in [5.41, 5.74) is 2.41. The van der Waals surface area contributed by atoms with Crippen LogP contribution in [0.25, 0.3) is 11.1 Å². The molecule has 0 radical (unpaired) electrons. The van der Waals surface area contributed by atoms with Gasteiger partial charge < -0.3 is 0 Å². The summed E-state index contributed by atoms with van der Waals surface area (Å²) in [4.78, 5) is 0. The van der Waals surface area contributed by atoms with Crippen LogP contribution in [0.3, 0.4) is 0 Å². The second-order valence-electron chi connectivity index (χ2n) is 4.74. The molecule has 0 saturated heterocycles. The van der Waals surface area contributed by atoms with E-state index in [2.05, 4.69) is 4.72 Å². The summed E-state index contributed by atoms with van der Waals surface area (Å²) in [6, 6.07) is 18.3. The number of hydrogen-bond acceptors (Lipinski definition) is 3. The fourth-order valence-electron chi connectivity index (χ4n) is 2.06. The minimum atomic E-state index is -3.71. The number of sulfonamides is 1. The summed E-state index contributed by atoms with van der Waals surface area (Å²) in [5, 5.41) is 0.232. The SMILES string of the molecule is O=S(=O)(Nc1cccc(-c2ccccc2)c1)c1cc(Cl)c(Cl)s1. The van der Waals surface area contributed by atoms with Crippen LogP contribution in [-0.2, 0) is 10.0 Å². The lowest BCUT2D eigenvalue weighted by Gasteiger charge is -2.08. The maximum Gasteiger partial charge on any atom is 0.271 e. The molecular weight excluding hydrogens is 373 g/mol. The molecule has 0 bridgehead atoms. The quantitative estimate of drug-likeness (QED) is 0.644. The smallest absolute Gasteiger partial charge is 0.271 e. The molecule has 2 aromatic carbocycles. The molecule has 3 nitrogen and oxygen atoms in total. The van der Waals surface area contributed by atoms with Crippen molar-refractivity contribution in [2.75, 3.05) is 4.72 Å². The molecule has 3 aromatic rings. The first-order chi connectivity index (χ1) is 11.0. The van der Waals surface area contributed by atoms with Gasteiger partial charge in [-0.1, -0.05) is 65.7 Å². The molecule has 118 valence electrons. The third kappa shape index (κ3) is 3.70. The number of hydrogen-bond donors (Lipinski definition) is 1. The van der Waals surface area contributed by atoms with Crippen molar-refractivity contribution in [1.82, 2.24) is 0 Å². The van der Waals surface area contributed by atoms with Crippen LogP contribution in [-0.4, -0.2) is 8.42 Å². The molecule has 0 atom stereocenters. The van der Waals surface area contributed by atoms with Crippen molar-refractivity contribution in [2.45, 2.75) is 4.21 Å². The molecule has 3 rings (SSSR count). The van der Waals surface area contributed by atoms with Gasteiger partial charge in [0.25, 0.3) is 10.0 Å². The summed E-state index contributed by atoms with van der Waals surface area (Å²) < 4.78 is 27.7. The van der Waals surface area contributed by atoms with E-state index in [0.29, 0.717) is 5.69 Å². The van der Waals surface area contributed by atoms with Crippen molar-refractivity contribution in [2.24, 2.45) is 0 Å². The molecule has 1 N–H and O–H groups in total. The van der Waals surface area contributed by atoms with Crippen LogP contribution in [0.1, 0.15) is 0 Å². The highest BCUT2D eigenvalue weighted by Crippen LogP contribution is 2.35. The lowest BCUT2D eigenvalue weighted by Crippen LogP contribution is -2.11. The van der Waals surface area contributed by atoms with Gasteiger partial charge in [0.15, 0.2) is 0 Å². The van der Waals surface area contributed by atoms with E-state index in [0.717, 1.165) is 22.5 Å². The Labute approximate surface area is 148 Å². The maximum absolute atomic E-state index is 12.4. The average molecular weight is 384 g/mol. The molecule has 0 aliphatic heterocycles. The van der Waals surface area contributed by atoms with E-state index in [1.165, 1.54) is 6.07 Å². The van der Waals surface area contributed by atoms with Gasteiger partial charge in [-0.2, -0.15) is 0 Å². The van der Waals surface area contributed by atoms with Crippen LogP contribution >= 0.6 is 34.5 Å². The van der Waals surface area contributed by atoms with E-state index < -0.39 is 10.0 Å². The molecule has 0 aliphatic carbocycles. The normalized spacial score (nSPS) is 11.4.